The molecule has 0 radical (unpaired) electrons. The quantitative estimate of drug-likeness (QED) is 0.468. The molecule has 0 bridgehead atoms. The number of nitrogens with one attached hydrogen (secondary N) is 1. The van der Waals surface area contributed by atoms with E-state index in [-0.39, 0.29) is 5.41 Å². The number of halogens is 2. The molecule has 0 amide bonds. The Balaban J connectivity index is 1.75. The number of thiocarbonyl (C=S) groups is 1. The van der Waals surface area contributed by atoms with Crippen molar-refractivity contribution in [3.63, 3.8) is 0 Å². The first-order valence-corrected chi connectivity index (χ1v) is 9.66. The normalized spacial score (nSPS) is 17.2. The molecule has 3 rings (SSSR count). The van der Waals surface area contributed by atoms with Gasteiger partial charge in [-0.3, -0.25) is 0 Å². The van der Waals surface area contributed by atoms with Crippen LogP contribution in [0.5, 0.6) is 0 Å². The van der Waals surface area contributed by atoms with Crippen LogP contribution in [-0.2, 0) is 12.8 Å². The van der Waals surface area contributed by atoms with Crippen LogP contribution in [0.3, 0.4) is 0 Å². The third-order valence-corrected chi connectivity index (χ3v) is 5.47. The predicted octanol–water partition coefficient (Wildman–Crippen LogP) is 6.11. The second-order valence-electron chi connectivity index (χ2n) is 7.87. The van der Waals surface area contributed by atoms with E-state index in [2.05, 4.69) is 36.7 Å². The van der Waals surface area contributed by atoms with Crippen LogP contribution in [0.15, 0.2) is 60.4 Å². The van der Waals surface area contributed by atoms with Gasteiger partial charge in [0.15, 0.2) is 11.6 Å². The lowest BCUT2D eigenvalue weighted by Gasteiger charge is -2.30. The molecular weight excluding hydrogens is 360 g/mol. The van der Waals surface area contributed by atoms with Crippen LogP contribution in [0.1, 0.15) is 43.7 Å². The van der Waals surface area contributed by atoms with Gasteiger partial charge in [-0.05, 0) is 73.3 Å². The minimum absolute atomic E-state index is 0.199. The largest absolute Gasteiger partial charge is 0.350 e. The molecule has 1 aromatic carbocycles. The first kappa shape index (κ1) is 19.7. The highest BCUT2D eigenvalue weighted by molar-refractivity contribution is 7.80. The van der Waals surface area contributed by atoms with Crippen molar-refractivity contribution in [2.24, 2.45) is 5.41 Å². The van der Waals surface area contributed by atoms with Crippen molar-refractivity contribution < 1.29 is 8.78 Å². The van der Waals surface area contributed by atoms with Crippen LogP contribution in [0.4, 0.5) is 8.78 Å². The molecule has 1 aromatic rings. The molecule has 0 saturated carbocycles. The molecule has 0 aliphatic heterocycles. The van der Waals surface area contributed by atoms with Crippen LogP contribution in [-0.4, -0.2) is 4.99 Å². The van der Waals surface area contributed by atoms with Crippen molar-refractivity contribution in [2.75, 3.05) is 0 Å². The van der Waals surface area contributed by atoms with Gasteiger partial charge in [-0.1, -0.05) is 42.6 Å². The zero-order valence-electron chi connectivity index (χ0n) is 15.7. The van der Waals surface area contributed by atoms with Crippen LogP contribution in [0.25, 0.3) is 0 Å². The van der Waals surface area contributed by atoms with Crippen LogP contribution in [0.2, 0.25) is 0 Å². The van der Waals surface area contributed by atoms with E-state index >= 15 is 0 Å². The van der Waals surface area contributed by atoms with Gasteiger partial charge < -0.3 is 5.32 Å². The summed E-state index contributed by atoms with van der Waals surface area (Å²) in [7, 11) is 0. The molecule has 1 N–H and O–H groups in total. The van der Waals surface area contributed by atoms with Gasteiger partial charge in [0.25, 0.3) is 0 Å². The number of hydrogen-bond donors (Lipinski definition) is 1. The SMILES string of the molecule is C=C(C)CC1(CC(=S)NC(=C)C2=CCCC=C2)Cc2cc(F)c(F)cc2C1. The molecule has 2 aliphatic carbocycles. The van der Waals surface area contributed by atoms with Gasteiger partial charge in [0, 0.05) is 12.1 Å². The average Bonchev–Trinajstić information content (AvgIpc) is 2.91. The minimum Gasteiger partial charge on any atom is -0.350 e. The van der Waals surface area contributed by atoms with Crippen molar-refractivity contribution in [1.29, 1.82) is 0 Å². The van der Waals surface area contributed by atoms with E-state index in [1.54, 1.807) is 0 Å². The number of rotatable bonds is 6. The van der Waals surface area contributed by atoms with Crippen LogP contribution in [0, 0.1) is 17.0 Å². The Morgan fingerprint density at radius 2 is 1.74 bits per heavy atom. The van der Waals surface area contributed by atoms with Gasteiger partial charge in [0.1, 0.15) is 0 Å². The summed E-state index contributed by atoms with van der Waals surface area (Å²) in [6, 6.07) is 2.66. The minimum atomic E-state index is -0.787. The fourth-order valence-corrected chi connectivity index (χ4v) is 4.67. The maximum Gasteiger partial charge on any atom is 0.159 e. The summed E-state index contributed by atoms with van der Waals surface area (Å²) < 4.78 is 27.3. The Hall–Kier alpha value is -2.07. The Kier molecular flexibility index (Phi) is 5.75. The van der Waals surface area contributed by atoms with E-state index < -0.39 is 11.6 Å². The molecule has 0 fully saturated rings. The molecule has 0 aromatic heterocycles. The summed E-state index contributed by atoms with van der Waals surface area (Å²) in [5.74, 6) is -1.57. The number of fused-ring (bicyclic) bond motifs is 1. The van der Waals surface area contributed by atoms with Gasteiger partial charge in [-0.25, -0.2) is 8.78 Å². The molecule has 0 atom stereocenters. The molecule has 2 aliphatic rings. The molecular formula is C23H25F2NS. The zero-order chi connectivity index (χ0) is 19.6. The van der Waals surface area contributed by atoms with Crippen molar-refractivity contribution in [1.82, 2.24) is 5.32 Å². The number of benzene rings is 1. The molecule has 0 saturated heterocycles. The van der Waals surface area contributed by atoms with Gasteiger partial charge in [0.05, 0.1) is 4.99 Å². The highest BCUT2D eigenvalue weighted by atomic mass is 32.1. The van der Waals surface area contributed by atoms with Gasteiger partial charge >= 0.3 is 0 Å². The summed E-state index contributed by atoms with van der Waals surface area (Å²) >= 11 is 5.62. The summed E-state index contributed by atoms with van der Waals surface area (Å²) in [6.07, 6.45) is 11.1. The second kappa shape index (κ2) is 7.89. The van der Waals surface area contributed by atoms with E-state index in [1.807, 2.05) is 6.92 Å². The molecule has 0 spiro atoms. The second-order valence-corrected chi connectivity index (χ2v) is 8.36. The first-order valence-electron chi connectivity index (χ1n) is 9.25. The Morgan fingerprint density at radius 3 is 2.26 bits per heavy atom. The number of allylic oxidation sites excluding steroid dienone is 4. The average molecular weight is 386 g/mol. The van der Waals surface area contributed by atoms with E-state index in [9.17, 15) is 8.78 Å². The van der Waals surface area contributed by atoms with Crippen LogP contribution >= 0.6 is 12.2 Å². The fourth-order valence-electron chi connectivity index (χ4n) is 4.24. The van der Waals surface area contributed by atoms with E-state index in [0.717, 1.165) is 47.2 Å². The highest BCUT2D eigenvalue weighted by Gasteiger charge is 2.38. The zero-order valence-corrected chi connectivity index (χ0v) is 16.5. The molecule has 0 unspecified atom stereocenters. The topological polar surface area (TPSA) is 12.0 Å². The Morgan fingerprint density at radius 1 is 1.11 bits per heavy atom. The van der Waals surface area contributed by atoms with E-state index in [1.165, 1.54) is 12.1 Å². The monoisotopic (exact) mass is 385 g/mol. The van der Waals surface area contributed by atoms with Crippen molar-refractivity contribution in [3.05, 3.63) is 83.1 Å². The van der Waals surface area contributed by atoms with Crippen molar-refractivity contribution in [3.8, 4) is 0 Å². The number of hydrogen-bond acceptors (Lipinski definition) is 1. The third-order valence-electron chi connectivity index (χ3n) is 5.22. The molecule has 0 heterocycles. The first-order chi connectivity index (χ1) is 12.8. The van der Waals surface area contributed by atoms with Gasteiger partial charge in [-0.15, -0.1) is 6.58 Å². The summed E-state index contributed by atoms with van der Waals surface area (Å²) in [5.41, 5.74) is 4.45. The summed E-state index contributed by atoms with van der Waals surface area (Å²) in [5, 5.41) is 3.26. The standard InChI is InChI=1S/C23H25F2NS/c1-15(2)11-23(12-18-9-20(24)21(25)10-19(18)13-23)14-22(27)26-16(3)17-7-5-4-6-8-17/h5,7-10H,1,3-4,6,11-14H2,2H3,(H,26,27). The lowest BCUT2D eigenvalue weighted by molar-refractivity contribution is 0.315. The van der Waals surface area contributed by atoms with Crippen molar-refractivity contribution >= 4 is 17.2 Å². The van der Waals surface area contributed by atoms with Crippen LogP contribution < -0.4 is 5.32 Å². The molecule has 142 valence electrons. The summed E-state index contributed by atoms with van der Waals surface area (Å²) in [6.45, 7) is 10.1. The predicted molar refractivity (Wildman–Crippen MR) is 112 cm³/mol. The van der Waals surface area contributed by atoms with E-state index in [4.69, 9.17) is 12.2 Å². The van der Waals surface area contributed by atoms with Crippen molar-refractivity contribution in [2.45, 2.75) is 45.4 Å². The maximum atomic E-state index is 13.7. The van der Waals surface area contributed by atoms with Gasteiger partial charge in [0.2, 0.25) is 0 Å². The smallest absolute Gasteiger partial charge is 0.159 e. The molecule has 4 heteroatoms. The molecule has 1 nitrogen and oxygen atoms in total. The Labute approximate surface area is 165 Å². The molecule has 27 heavy (non-hydrogen) atoms. The van der Waals surface area contributed by atoms with E-state index in [0.29, 0.717) is 24.3 Å². The maximum absolute atomic E-state index is 13.7. The summed E-state index contributed by atoms with van der Waals surface area (Å²) in [4.78, 5) is 0.704. The third kappa shape index (κ3) is 4.62. The lowest BCUT2D eigenvalue weighted by Crippen LogP contribution is -2.31. The van der Waals surface area contributed by atoms with Gasteiger partial charge in [-0.2, -0.15) is 0 Å². The fraction of sp³-hybridized carbons (Fsp3) is 0.348. The lowest BCUT2D eigenvalue weighted by atomic mass is 9.76. The Bertz CT molecular complexity index is 832. The highest BCUT2D eigenvalue weighted by Crippen LogP contribution is 2.44.